The summed E-state index contributed by atoms with van der Waals surface area (Å²) in [4.78, 5) is 4.43. The predicted molar refractivity (Wildman–Crippen MR) is 82.9 cm³/mol. The number of benzene rings is 2. The van der Waals surface area contributed by atoms with Gasteiger partial charge in [-0.15, -0.1) is 0 Å². The van der Waals surface area contributed by atoms with Gasteiger partial charge < -0.3 is 16.0 Å². The molecule has 0 aliphatic carbocycles. The molecule has 0 radical (unpaired) electrons. The highest BCUT2D eigenvalue weighted by molar-refractivity contribution is 5.78. The second kappa shape index (κ2) is 5.65. The Morgan fingerprint density at radius 1 is 1.14 bits per heavy atom. The topological polar surface area (TPSA) is 71.3 Å². The van der Waals surface area contributed by atoms with Gasteiger partial charge in [0.25, 0.3) is 0 Å². The summed E-state index contributed by atoms with van der Waals surface area (Å²) in [5, 5.41) is 11.4. The zero-order valence-corrected chi connectivity index (χ0v) is 11.9. The molecule has 2 aromatic carbocycles. The molecule has 0 aliphatic rings. The molecule has 1 unspecified atom stereocenters. The number of fused-ring (bicyclic) bond motifs is 1. The maximum atomic E-state index is 11.2. The van der Waals surface area contributed by atoms with Crippen LogP contribution in [0.15, 0.2) is 48.8 Å². The highest BCUT2D eigenvalue weighted by Gasteiger charge is 2.06. The van der Waals surface area contributed by atoms with Crippen LogP contribution in [0, 0.1) is 5.21 Å². The van der Waals surface area contributed by atoms with Gasteiger partial charge in [-0.1, -0.05) is 18.2 Å². The molecule has 1 aromatic heterocycles. The Hall–Kier alpha value is -2.21. The molecule has 1 atom stereocenters. The first-order chi connectivity index (χ1) is 10.2. The van der Waals surface area contributed by atoms with Crippen molar-refractivity contribution in [1.82, 2.24) is 9.55 Å². The van der Waals surface area contributed by atoms with Crippen molar-refractivity contribution in [2.24, 2.45) is 5.73 Å². The maximum Gasteiger partial charge on any atom is 0.102 e. The van der Waals surface area contributed by atoms with Crippen molar-refractivity contribution in [2.75, 3.05) is 7.05 Å². The third-order valence-electron chi connectivity index (χ3n) is 3.51. The van der Waals surface area contributed by atoms with Gasteiger partial charge in [-0.25, -0.2) is 4.98 Å². The molecule has 0 saturated carbocycles. The number of imidazole rings is 1. The van der Waals surface area contributed by atoms with Crippen molar-refractivity contribution in [3.05, 3.63) is 65.1 Å². The number of rotatable bonds is 4. The standard InChI is InChI=1S/C16H18N4O/c1-19(21)10-13-4-7-16-15(8-13)18-11-20(16)14-5-2-12(9-17)3-6-14/h2-8,11,19H,9-10,17H2,1H3. The lowest BCUT2D eigenvalue weighted by molar-refractivity contribution is -0.840. The summed E-state index contributed by atoms with van der Waals surface area (Å²) in [5.74, 6) is 0. The number of aromatic nitrogens is 2. The Balaban J connectivity index is 1.99. The van der Waals surface area contributed by atoms with E-state index in [1.807, 2.05) is 47.0 Å². The normalized spacial score (nSPS) is 12.7. The van der Waals surface area contributed by atoms with Gasteiger partial charge in [0.15, 0.2) is 0 Å². The number of hydroxylamine groups is 2. The van der Waals surface area contributed by atoms with Crippen LogP contribution in [-0.4, -0.2) is 16.6 Å². The molecule has 0 saturated heterocycles. The van der Waals surface area contributed by atoms with Gasteiger partial charge in [-0.3, -0.25) is 4.57 Å². The van der Waals surface area contributed by atoms with E-state index in [0.717, 1.165) is 27.8 Å². The third kappa shape index (κ3) is 2.80. The van der Waals surface area contributed by atoms with Crippen molar-refractivity contribution in [1.29, 1.82) is 0 Å². The predicted octanol–water partition coefficient (Wildman–Crippen LogP) is 0.997. The van der Waals surface area contributed by atoms with Crippen LogP contribution in [0.4, 0.5) is 0 Å². The summed E-state index contributed by atoms with van der Waals surface area (Å²) in [6.07, 6.45) is 1.81. The monoisotopic (exact) mass is 282 g/mol. The van der Waals surface area contributed by atoms with E-state index in [2.05, 4.69) is 4.98 Å². The van der Waals surface area contributed by atoms with E-state index in [1.54, 1.807) is 13.4 Å². The van der Waals surface area contributed by atoms with E-state index < -0.39 is 0 Å². The van der Waals surface area contributed by atoms with Crippen LogP contribution in [-0.2, 0) is 13.1 Å². The Bertz CT molecular complexity index is 747. The second-order valence-electron chi connectivity index (χ2n) is 5.19. The number of nitrogens with two attached hydrogens (primary N) is 1. The van der Waals surface area contributed by atoms with Crippen LogP contribution in [0.2, 0.25) is 0 Å². The largest absolute Gasteiger partial charge is 0.634 e. The first-order valence-electron chi connectivity index (χ1n) is 6.92. The maximum absolute atomic E-state index is 11.2. The molecular weight excluding hydrogens is 264 g/mol. The lowest BCUT2D eigenvalue weighted by Gasteiger charge is -2.15. The summed E-state index contributed by atoms with van der Waals surface area (Å²) in [5.41, 5.74) is 10.7. The van der Waals surface area contributed by atoms with Gasteiger partial charge in [0, 0.05) is 17.8 Å². The molecule has 0 spiro atoms. The summed E-state index contributed by atoms with van der Waals surface area (Å²) >= 11 is 0. The van der Waals surface area contributed by atoms with E-state index in [1.165, 1.54) is 0 Å². The summed E-state index contributed by atoms with van der Waals surface area (Å²) in [6.45, 7) is 0.993. The fourth-order valence-corrected chi connectivity index (χ4v) is 2.45. The SMILES string of the molecule is C[NH+]([O-])Cc1ccc2c(c1)ncn2-c1ccc(CN)cc1. The van der Waals surface area contributed by atoms with E-state index in [9.17, 15) is 5.21 Å². The molecular formula is C16H18N4O. The summed E-state index contributed by atoms with van der Waals surface area (Å²) < 4.78 is 2.03. The Kier molecular flexibility index (Phi) is 3.70. The van der Waals surface area contributed by atoms with Crippen LogP contribution >= 0.6 is 0 Å². The number of hydrogen-bond acceptors (Lipinski definition) is 3. The molecule has 1 heterocycles. The smallest absolute Gasteiger partial charge is 0.102 e. The number of quaternary nitrogens is 1. The zero-order valence-electron chi connectivity index (χ0n) is 11.9. The van der Waals surface area contributed by atoms with E-state index in [0.29, 0.717) is 13.1 Å². The lowest BCUT2D eigenvalue weighted by atomic mass is 10.2. The highest BCUT2D eigenvalue weighted by atomic mass is 16.5. The molecule has 0 fully saturated rings. The van der Waals surface area contributed by atoms with Crippen molar-refractivity contribution < 1.29 is 5.06 Å². The van der Waals surface area contributed by atoms with Gasteiger partial charge in [0.2, 0.25) is 0 Å². The minimum absolute atomic E-state index is 0.158. The van der Waals surface area contributed by atoms with Crippen molar-refractivity contribution in [3.8, 4) is 5.69 Å². The van der Waals surface area contributed by atoms with Crippen LogP contribution in [0.25, 0.3) is 16.7 Å². The summed E-state index contributed by atoms with van der Waals surface area (Å²) in [7, 11) is 1.60. The number of nitrogens with one attached hydrogen (secondary N) is 1. The first-order valence-corrected chi connectivity index (χ1v) is 6.92. The van der Waals surface area contributed by atoms with Crippen LogP contribution in [0.3, 0.4) is 0 Å². The quantitative estimate of drug-likeness (QED) is 0.701. The van der Waals surface area contributed by atoms with Crippen molar-refractivity contribution in [3.63, 3.8) is 0 Å². The van der Waals surface area contributed by atoms with Gasteiger partial charge in [0.05, 0.1) is 18.1 Å². The summed E-state index contributed by atoms with van der Waals surface area (Å²) in [6, 6.07) is 14.1. The van der Waals surface area contributed by atoms with E-state index in [-0.39, 0.29) is 5.06 Å². The number of nitrogens with zero attached hydrogens (tertiary/aromatic N) is 2. The molecule has 3 aromatic rings. The first kappa shape index (κ1) is 13.8. The Labute approximate surface area is 123 Å². The fraction of sp³-hybridized carbons (Fsp3) is 0.188. The molecule has 0 bridgehead atoms. The molecule has 108 valence electrons. The zero-order chi connectivity index (χ0) is 14.8. The molecule has 5 heteroatoms. The van der Waals surface area contributed by atoms with Gasteiger partial charge in [0.1, 0.15) is 12.9 Å². The van der Waals surface area contributed by atoms with Gasteiger partial charge in [-0.05, 0) is 29.8 Å². The van der Waals surface area contributed by atoms with Crippen molar-refractivity contribution in [2.45, 2.75) is 13.1 Å². The molecule has 0 amide bonds. The minimum atomic E-state index is 0.158. The van der Waals surface area contributed by atoms with Gasteiger partial charge in [-0.2, -0.15) is 0 Å². The van der Waals surface area contributed by atoms with Crippen LogP contribution < -0.4 is 10.8 Å². The molecule has 3 N–H and O–H groups in total. The molecule has 3 rings (SSSR count). The fourth-order valence-electron chi connectivity index (χ4n) is 2.45. The molecule has 0 aliphatic heterocycles. The average Bonchev–Trinajstić information content (AvgIpc) is 2.90. The average molecular weight is 282 g/mol. The number of hydrogen-bond donors (Lipinski definition) is 2. The third-order valence-corrected chi connectivity index (χ3v) is 3.51. The molecule has 21 heavy (non-hydrogen) atoms. The molecule has 5 nitrogen and oxygen atoms in total. The lowest BCUT2D eigenvalue weighted by Crippen LogP contribution is -3.02. The highest BCUT2D eigenvalue weighted by Crippen LogP contribution is 2.19. The van der Waals surface area contributed by atoms with Gasteiger partial charge >= 0.3 is 0 Å². The minimum Gasteiger partial charge on any atom is -0.634 e. The Morgan fingerprint density at radius 2 is 1.86 bits per heavy atom. The van der Waals surface area contributed by atoms with Crippen molar-refractivity contribution >= 4 is 11.0 Å². The van der Waals surface area contributed by atoms with Crippen LogP contribution in [0.1, 0.15) is 11.1 Å². The van der Waals surface area contributed by atoms with E-state index in [4.69, 9.17) is 5.73 Å². The second-order valence-corrected chi connectivity index (χ2v) is 5.19. The Morgan fingerprint density at radius 3 is 2.52 bits per heavy atom. The van der Waals surface area contributed by atoms with E-state index >= 15 is 0 Å². The van der Waals surface area contributed by atoms with Crippen LogP contribution in [0.5, 0.6) is 0 Å².